The zero-order valence-corrected chi connectivity index (χ0v) is 36.4. The van der Waals surface area contributed by atoms with Gasteiger partial charge in [-0.15, -0.1) is 0 Å². The molecule has 1 aromatic rings. The number of nitrogens with zero attached hydrogens (tertiary/aromatic N) is 2. The van der Waals surface area contributed by atoms with Crippen LogP contribution in [0.15, 0.2) is 36.4 Å². The van der Waals surface area contributed by atoms with Gasteiger partial charge in [0.2, 0.25) is 5.91 Å². The van der Waals surface area contributed by atoms with Gasteiger partial charge in [-0.2, -0.15) is 11.8 Å². The van der Waals surface area contributed by atoms with Crippen LogP contribution in [0.3, 0.4) is 0 Å². The fourth-order valence-corrected chi connectivity index (χ4v) is 12.5. The van der Waals surface area contributed by atoms with E-state index in [1.807, 2.05) is 24.8 Å². The Balaban J connectivity index is 0.768. The van der Waals surface area contributed by atoms with Crippen molar-refractivity contribution >= 4 is 58.7 Å². The Kier molecular flexibility index (Phi) is 11.9. The number of fused-ring (bicyclic) bond motifs is 3. The van der Waals surface area contributed by atoms with Gasteiger partial charge in [-0.05, 0) is 88.7 Å². The molecule has 14 nitrogen and oxygen atoms in total. The van der Waals surface area contributed by atoms with E-state index in [0.29, 0.717) is 56.3 Å². The molecule has 328 valence electrons. The van der Waals surface area contributed by atoms with Gasteiger partial charge in [-0.25, -0.2) is 4.79 Å². The van der Waals surface area contributed by atoms with Crippen LogP contribution >= 0.6 is 11.8 Å². The van der Waals surface area contributed by atoms with Crippen molar-refractivity contribution in [3.63, 3.8) is 0 Å². The van der Waals surface area contributed by atoms with E-state index in [-0.39, 0.29) is 64.1 Å². The van der Waals surface area contributed by atoms with Gasteiger partial charge in [-0.1, -0.05) is 58.1 Å². The molecule has 61 heavy (non-hydrogen) atoms. The van der Waals surface area contributed by atoms with Gasteiger partial charge in [0.15, 0.2) is 5.78 Å². The zero-order valence-electron chi connectivity index (χ0n) is 35.6. The smallest absolute Gasteiger partial charge is 0.315 e. The van der Waals surface area contributed by atoms with Crippen molar-refractivity contribution in [3.8, 4) is 5.75 Å². The number of ether oxygens (including phenoxy) is 2. The summed E-state index contributed by atoms with van der Waals surface area (Å²) in [6, 6.07) is 3.57. The highest BCUT2D eigenvalue weighted by molar-refractivity contribution is 8.00. The molecule has 1 aliphatic carbocycles. The number of piperidine rings is 2. The molecule has 3 N–H and O–H groups in total. The summed E-state index contributed by atoms with van der Waals surface area (Å²) >= 11 is 1.90. The minimum atomic E-state index is -1.45. The summed E-state index contributed by atoms with van der Waals surface area (Å²) in [5.41, 5.74) is -4.01. The first-order chi connectivity index (χ1) is 29.2. The van der Waals surface area contributed by atoms with Crippen molar-refractivity contribution in [3.05, 3.63) is 57.7 Å². The third-order valence-electron chi connectivity index (χ3n) is 14.4. The van der Waals surface area contributed by atoms with Crippen molar-refractivity contribution in [1.29, 1.82) is 0 Å². The van der Waals surface area contributed by atoms with Crippen LogP contribution in [0.25, 0.3) is 11.6 Å². The number of carbonyl (C=O) groups is 5. The molecule has 2 spiro atoms. The maximum absolute atomic E-state index is 14.3. The van der Waals surface area contributed by atoms with E-state index in [0.717, 1.165) is 70.0 Å². The SMILES string of the molecule is CC1(CC=CCCCCCCCCOC(=O)CCCC[C@@H]2SC[C@@H]3NC(=O)N[C@@H]32)C=Cc2c(ccc(C3=C[C@@]45NC(=O)C6(CCCN6C4=O)CC5C(C)(C)C3=O)c2[N+](=O)[O-])O1. The highest BCUT2D eigenvalue weighted by atomic mass is 32.2. The van der Waals surface area contributed by atoms with Crippen molar-refractivity contribution < 1.29 is 38.4 Å². The quantitative estimate of drug-likeness (QED) is 0.0349. The summed E-state index contributed by atoms with van der Waals surface area (Å²) in [7, 11) is 0. The van der Waals surface area contributed by atoms with Crippen LogP contribution in [0, 0.1) is 21.4 Å². The molecule has 0 radical (unpaired) electrons. The van der Waals surface area contributed by atoms with Crippen LogP contribution < -0.4 is 20.7 Å². The maximum Gasteiger partial charge on any atom is 0.315 e. The van der Waals surface area contributed by atoms with E-state index in [1.54, 1.807) is 37.0 Å². The van der Waals surface area contributed by atoms with Gasteiger partial charge < -0.3 is 30.3 Å². The van der Waals surface area contributed by atoms with Gasteiger partial charge in [0, 0.05) is 47.3 Å². The van der Waals surface area contributed by atoms with E-state index in [2.05, 4.69) is 28.1 Å². The Bertz CT molecular complexity index is 2080. The average molecular weight is 858 g/mol. The Hall–Kier alpha value is -4.66. The largest absolute Gasteiger partial charge is 0.482 e. The number of nitro groups is 1. The molecule has 3 unspecified atom stereocenters. The first-order valence-corrected chi connectivity index (χ1v) is 23.4. The molecule has 8 aliphatic rings. The number of ketones is 1. The lowest BCUT2D eigenvalue weighted by atomic mass is 9.51. The maximum atomic E-state index is 14.3. The molecule has 1 aromatic carbocycles. The molecule has 6 saturated heterocycles. The van der Waals surface area contributed by atoms with Crippen molar-refractivity contribution in [1.82, 2.24) is 20.9 Å². The summed E-state index contributed by atoms with van der Waals surface area (Å²) in [6.07, 6.45) is 21.9. The topological polar surface area (TPSA) is 186 Å². The Morgan fingerprint density at radius 1 is 1.03 bits per heavy atom. The summed E-state index contributed by atoms with van der Waals surface area (Å²) in [5.74, 6) is -0.0510. The lowest BCUT2D eigenvalue weighted by Gasteiger charge is -2.62. The number of hydrogen-bond acceptors (Lipinski definition) is 10. The van der Waals surface area contributed by atoms with E-state index < -0.39 is 32.9 Å². The second-order valence-corrected chi connectivity index (χ2v) is 20.1. The zero-order chi connectivity index (χ0) is 43.2. The number of nitro benzene ring substituents is 1. The van der Waals surface area contributed by atoms with Crippen LogP contribution in [0.4, 0.5) is 10.5 Å². The Labute approximate surface area is 361 Å². The van der Waals surface area contributed by atoms with Crippen molar-refractivity contribution in [2.24, 2.45) is 11.3 Å². The molecular weight excluding hydrogens is 799 g/mol. The second kappa shape index (κ2) is 16.9. The first kappa shape index (κ1) is 43.0. The van der Waals surface area contributed by atoms with Crippen LogP contribution in [0.2, 0.25) is 0 Å². The number of hydrogen-bond donors (Lipinski definition) is 3. The van der Waals surface area contributed by atoms with E-state index >= 15 is 0 Å². The standard InChI is InChI=1S/C46H59N5O9S/c1-43(2)35-27-45-22-15-24-50(45)41(55)46(35,49-40(45)54)26-31(39(43)53)29-18-19-33-30(38(29)51(57)58)20-23-44(3,60-33)21-13-9-7-5-4-6-8-10-14-25-59-36(52)17-12-11-16-34-37-32(28-61-34)47-42(56)48-37/h9,13,18-20,23,26,32,34-35,37H,4-8,10-12,14-17,21-22,24-25,27-28H2,1-3H3,(H,49,54)(H2,47,48,56)/t32-,34-,35?,37-,44?,45?,46-/m0/s1. The van der Waals surface area contributed by atoms with Gasteiger partial charge in [0.05, 0.1) is 34.7 Å². The molecule has 0 aromatic heterocycles. The fourth-order valence-electron chi connectivity index (χ4n) is 11.0. The molecule has 7 atom stereocenters. The highest BCUT2D eigenvalue weighted by Gasteiger charge is 2.73. The van der Waals surface area contributed by atoms with Crippen LogP contribution in [0.1, 0.15) is 128 Å². The second-order valence-electron chi connectivity index (χ2n) is 18.8. The third kappa shape index (κ3) is 7.88. The van der Waals surface area contributed by atoms with Crippen LogP contribution in [-0.2, 0) is 23.9 Å². The predicted molar refractivity (Wildman–Crippen MR) is 232 cm³/mol. The first-order valence-electron chi connectivity index (χ1n) is 22.3. The lowest BCUT2D eigenvalue weighted by molar-refractivity contribution is -0.385. The highest BCUT2D eigenvalue weighted by Crippen LogP contribution is 2.59. The lowest BCUT2D eigenvalue weighted by Crippen LogP contribution is -2.83. The van der Waals surface area contributed by atoms with Crippen LogP contribution in [0.5, 0.6) is 5.75 Å². The van der Waals surface area contributed by atoms with Gasteiger partial charge in [0.25, 0.3) is 11.6 Å². The number of amides is 4. The molecule has 9 rings (SSSR count). The van der Waals surface area contributed by atoms with Gasteiger partial charge in [-0.3, -0.25) is 29.3 Å². The monoisotopic (exact) mass is 857 g/mol. The molecule has 4 amide bonds. The number of esters is 1. The summed E-state index contributed by atoms with van der Waals surface area (Å²) in [4.78, 5) is 79.6. The molecule has 7 aliphatic heterocycles. The molecule has 6 fully saturated rings. The third-order valence-corrected chi connectivity index (χ3v) is 15.9. The van der Waals surface area contributed by atoms with Gasteiger partial charge >= 0.3 is 12.0 Å². The predicted octanol–water partition coefficient (Wildman–Crippen LogP) is 6.95. The number of unbranched alkanes of at least 4 members (excludes halogenated alkanes) is 7. The van der Waals surface area contributed by atoms with Gasteiger partial charge in [0.1, 0.15) is 22.4 Å². The molecule has 0 saturated carbocycles. The summed E-state index contributed by atoms with van der Waals surface area (Å²) in [5, 5.41) is 22.2. The molecule has 2 bridgehead atoms. The number of carbonyl (C=O) groups excluding carboxylic acids is 5. The number of piperazine rings is 1. The van der Waals surface area contributed by atoms with Crippen LogP contribution in [-0.4, -0.2) is 92.3 Å². The summed E-state index contributed by atoms with van der Waals surface area (Å²) < 4.78 is 11.8. The number of benzene rings is 1. The normalized spacial score (nSPS) is 31.5. The summed E-state index contributed by atoms with van der Waals surface area (Å²) in [6.45, 7) is 6.45. The molecule has 15 heteroatoms. The number of urea groups is 1. The minimum absolute atomic E-state index is 0.0688. The van der Waals surface area contributed by atoms with E-state index in [1.165, 1.54) is 6.08 Å². The Morgan fingerprint density at radius 2 is 1.82 bits per heavy atom. The number of nitrogens with one attached hydrogen (secondary N) is 3. The number of rotatable bonds is 18. The number of thioether (sulfide) groups is 1. The van der Waals surface area contributed by atoms with Crippen molar-refractivity contribution in [2.45, 2.75) is 151 Å². The molecule has 7 heterocycles. The van der Waals surface area contributed by atoms with Crippen molar-refractivity contribution in [2.75, 3.05) is 18.9 Å². The Morgan fingerprint density at radius 3 is 2.62 bits per heavy atom. The average Bonchev–Trinajstić information content (AvgIpc) is 3.94. The minimum Gasteiger partial charge on any atom is -0.482 e. The number of allylic oxidation sites excluding steroid dienone is 2. The number of Topliss-reactive ketones (excluding diaryl/α,β-unsaturated/α-hetero) is 1. The van der Waals surface area contributed by atoms with E-state index in [4.69, 9.17) is 9.47 Å². The fraction of sp³-hybridized carbons (Fsp3) is 0.630. The molecular formula is C46H59N5O9S. The van der Waals surface area contributed by atoms with E-state index in [9.17, 15) is 34.1 Å².